The Kier molecular flexibility index (Phi) is 5.19. The van der Waals surface area contributed by atoms with Crippen molar-refractivity contribution in [3.05, 3.63) is 40.8 Å². The Hall–Kier alpha value is -3.03. The van der Waals surface area contributed by atoms with Gasteiger partial charge in [0.25, 0.3) is 5.56 Å². The molecule has 0 bridgehead atoms. The van der Waals surface area contributed by atoms with E-state index in [1.807, 2.05) is 26.0 Å². The van der Waals surface area contributed by atoms with Gasteiger partial charge in [-0.3, -0.25) is 9.78 Å². The zero-order chi connectivity index (χ0) is 16.8. The fraction of sp³-hybridized carbons (Fsp3) is 0.267. The molecule has 3 N–H and O–H groups in total. The van der Waals surface area contributed by atoms with Crippen molar-refractivity contribution in [3.8, 4) is 11.5 Å². The molecule has 1 heterocycles. The highest BCUT2D eigenvalue weighted by Gasteiger charge is 2.10. The van der Waals surface area contributed by atoms with Crippen LogP contribution in [0.3, 0.4) is 0 Å². The smallest absolute Gasteiger partial charge is 0.491 e. The van der Waals surface area contributed by atoms with E-state index in [0.29, 0.717) is 24.0 Å². The summed E-state index contributed by atoms with van der Waals surface area (Å²) in [5.41, 5.74) is -0.0753. The first-order valence-electron chi connectivity index (χ1n) is 6.94. The van der Waals surface area contributed by atoms with E-state index >= 15 is 0 Å². The Balaban J connectivity index is 2.18. The number of nitrogens with one attached hydrogen (secondary N) is 2. The molecule has 0 aliphatic rings. The number of benzene rings is 1. The van der Waals surface area contributed by atoms with Crippen LogP contribution in [0.5, 0.6) is 11.5 Å². The number of H-pyrrole nitrogens is 1. The minimum absolute atomic E-state index is 0.147. The Morgan fingerprint density at radius 3 is 2.74 bits per heavy atom. The lowest BCUT2D eigenvalue weighted by Gasteiger charge is -2.13. The van der Waals surface area contributed by atoms with Crippen molar-refractivity contribution in [1.29, 1.82) is 0 Å². The SMILES string of the molecule is CC(C)COc1ccccc1Nc1ncc(OC(=O)O)c(=O)[nH]1. The summed E-state index contributed by atoms with van der Waals surface area (Å²) in [5.74, 6) is 0.740. The van der Waals surface area contributed by atoms with Crippen LogP contribution in [0.15, 0.2) is 35.3 Å². The molecule has 0 saturated carbocycles. The standard InChI is InChI=1S/C15H17N3O5/c1-9(2)8-22-11-6-4-3-5-10(11)17-14-16-7-12(13(19)18-14)23-15(20)21/h3-7,9H,8H2,1-2H3,(H,20,21)(H2,16,17,18,19). The lowest BCUT2D eigenvalue weighted by Crippen LogP contribution is -2.17. The van der Waals surface area contributed by atoms with Crippen LogP contribution in [0.2, 0.25) is 0 Å². The molecule has 0 unspecified atom stereocenters. The van der Waals surface area contributed by atoms with Gasteiger partial charge in [0.1, 0.15) is 5.75 Å². The van der Waals surface area contributed by atoms with Crippen molar-refractivity contribution in [2.75, 3.05) is 11.9 Å². The van der Waals surface area contributed by atoms with Crippen LogP contribution in [0.1, 0.15) is 13.8 Å². The number of carbonyl (C=O) groups is 1. The molecule has 1 aromatic carbocycles. The fourth-order valence-corrected chi connectivity index (χ4v) is 1.69. The summed E-state index contributed by atoms with van der Waals surface area (Å²) < 4.78 is 9.99. The van der Waals surface area contributed by atoms with E-state index in [-0.39, 0.29) is 5.95 Å². The number of anilines is 2. The van der Waals surface area contributed by atoms with E-state index < -0.39 is 17.5 Å². The molecule has 2 rings (SSSR count). The summed E-state index contributed by atoms with van der Waals surface area (Å²) in [6.07, 6.45) is -0.544. The second kappa shape index (κ2) is 7.30. The molecule has 23 heavy (non-hydrogen) atoms. The maximum atomic E-state index is 11.7. The van der Waals surface area contributed by atoms with Crippen LogP contribution < -0.4 is 20.3 Å². The maximum Gasteiger partial charge on any atom is 0.511 e. The predicted molar refractivity (Wildman–Crippen MR) is 83.6 cm³/mol. The van der Waals surface area contributed by atoms with Crippen molar-refractivity contribution < 1.29 is 19.4 Å². The minimum atomic E-state index is -1.58. The van der Waals surface area contributed by atoms with Crippen LogP contribution >= 0.6 is 0 Å². The summed E-state index contributed by atoms with van der Waals surface area (Å²) >= 11 is 0. The van der Waals surface area contributed by atoms with E-state index in [0.717, 1.165) is 6.20 Å². The van der Waals surface area contributed by atoms with Crippen molar-refractivity contribution in [3.63, 3.8) is 0 Å². The summed E-state index contributed by atoms with van der Waals surface area (Å²) in [6, 6.07) is 7.22. The first kappa shape index (κ1) is 16.3. The molecule has 0 atom stereocenters. The third kappa shape index (κ3) is 4.73. The van der Waals surface area contributed by atoms with Gasteiger partial charge in [0.2, 0.25) is 11.7 Å². The molecule has 122 valence electrons. The quantitative estimate of drug-likeness (QED) is 0.701. The zero-order valence-corrected chi connectivity index (χ0v) is 12.7. The number of rotatable bonds is 6. The first-order chi connectivity index (χ1) is 11.0. The second-order valence-corrected chi connectivity index (χ2v) is 5.12. The molecule has 0 saturated heterocycles. The van der Waals surface area contributed by atoms with Crippen LogP contribution in [0, 0.1) is 5.92 Å². The number of carboxylic acid groups (broad SMARTS) is 1. The number of ether oxygens (including phenoxy) is 2. The van der Waals surface area contributed by atoms with Gasteiger partial charge >= 0.3 is 6.16 Å². The summed E-state index contributed by atoms with van der Waals surface area (Å²) in [7, 11) is 0. The number of nitrogens with zero attached hydrogens (tertiary/aromatic N) is 1. The van der Waals surface area contributed by atoms with Crippen molar-refractivity contribution in [2.45, 2.75) is 13.8 Å². The van der Waals surface area contributed by atoms with Gasteiger partial charge in [0.15, 0.2) is 0 Å². The van der Waals surface area contributed by atoms with Gasteiger partial charge in [-0.15, -0.1) is 0 Å². The van der Waals surface area contributed by atoms with Gasteiger partial charge < -0.3 is 19.9 Å². The molecule has 8 nitrogen and oxygen atoms in total. The topological polar surface area (TPSA) is 114 Å². The molecule has 1 aromatic heterocycles. The molecule has 0 radical (unpaired) electrons. The highest BCUT2D eigenvalue weighted by Crippen LogP contribution is 2.26. The largest absolute Gasteiger partial charge is 0.511 e. The maximum absolute atomic E-state index is 11.7. The molecule has 0 aliphatic heterocycles. The molecule has 0 fully saturated rings. The average Bonchev–Trinajstić information content (AvgIpc) is 2.49. The summed E-state index contributed by atoms with van der Waals surface area (Å²) in [6.45, 7) is 4.63. The molecule has 0 aliphatic carbocycles. The first-order valence-corrected chi connectivity index (χ1v) is 6.94. The second-order valence-electron chi connectivity index (χ2n) is 5.12. The number of aromatic nitrogens is 2. The summed E-state index contributed by atoms with van der Waals surface area (Å²) in [4.78, 5) is 28.5. The fourth-order valence-electron chi connectivity index (χ4n) is 1.69. The Labute approximate surface area is 132 Å². The number of hydrogen-bond donors (Lipinski definition) is 3. The van der Waals surface area contributed by atoms with Gasteiger partial charge in [0.05, 0.1) is 18.5 Å². The van der Waals surface area contributed by atoms with Crippen LogP contribution in [-0.2, 0) is 0 Å². The van der Waals surface area contributed by atoms with Gasteiger partial charge in [-0.05, 0) is 18.1 Å². The highest BCUT2D eigenvalue weighted by molar-refractivity contribution is 5.63. The normalized spacial score (nSPS) is 10.4. The van der Waals surface area contributed by atoms with Crippen molar-refractivity contribution in [2.24, 2.45) is 5.92 Å². The van der Waals surface area contributed by atoms with Crippen LogP contribution in [0.25, 0.3) is 0 Å². The molecule has 0 spiro atoms. The lowest BCUT2D eigenvalue weighted by molar-refractivity contribution is 0.143. The van der Waals surface area contributed by atoms with Gasteiger partial charge in [-0.25, -0.2) is 9.78 Å². The van der Waals surface area contributed by atoms with Gasteiger partial charge in [-0.2, -0.15) is 0 Å². The minimum Gasteiger partial charge on any atom is -0.491 e. The predicted octanol–water partition coefficient (Wildman–Crippen LogP) is 2.61. The lowest BCUT2D eigenvalue weighted by atomic mass is 10.2. The number of hydrogen-bond acceptors (Lipinski definition) is 6. The number of aromatic amines is 1. The van der Waals surface area contributed by atoms with Crippen molar-refractivity contribution >= 4 is 17.8 Å². The zero-order valence-electron chi connectivity index (χ0n) is 12.7. The third-order valence-corrected chi connectivity index (χ3v) is 2.68. The molecule has 2 aromatic rings. The molecule has 0 amide bonds. The van der Waals surface area contributed by atoms with E-state index in [1.54, 1.807) is 12.1 Å². The van der Waals surface area contributed by atoms with E-state index in [9.17, 15) is 9.59 Å². The molecular weight excluding hydrogens is 302 g/mol. The summed E-state index contributed by atoms with van der Waals surface area (Å²) in [5, 5.41) is 11.4. The Bertz CT molecular complexity index is 742. The molecular formula is C15H17N3O5. The monoisotopic (exact) mass is 319 g/mol. The molecule has 8 heteroatoms. The Morgan fingerprint density at radius 1 is 1.35 bits per heavy atom. The van der Waals surface area contributed by atoms with Gasteiger partial charge in [-0.1, -0.05) is 26.0 Å². The van der Waals surface area contributed by atoms with Crippen molar-refractivity contribution in [1.82, 2.24) is 9.97 Å². The average molecular weight is 319 g/mol. The van der Waals surface area contributed by atoms with E-state index in [2.05, 4.69) is 20.0 Å². The third-order valence-electron chi connectivity index (χ3n) is 2.68. The van der Waals surface area contributed by atoms with Gasteiger partial charge in [0, 0.05) is 0 Å². The van der Waals surface area contributed by atoms with E-state index in [1.165, 1.54) is 0 Å². The highest BCUT2D eigenvalue weighted by atomic mass is 16.7. The number of para-hydroxylation sites is 2. The van der Waals surface area contributed by atoms with Crippen LogP contribution in [0.4, 0.5) is 16.4 Å². The Morgan fingerprint density at radius 2 is 2.09 bits per heavy atom. The van der Waals surface area contributed by atoms with E-state index in [4.69, 9.17) is 9.84 Å². The van der Waals surface area contributed by atoms with Crippen LogP contribution in [-0.4, -0.2) is 27.8 Å².